The molecule has 4 N–H and O–H groups in total. The predicted octanol–water partition coefficient (Wildman–Crippen LogP) is 4.63. The average Bonchev–Trinajstić information content (AvgIpc) is 2.55. The number of hydrogen-bond donors (Lipinski definition) is 4. The van der Waals surface area contributed by atoms with Crippen LogP contribution in [-0.4, -0.2) is 21.4 Å². The van der Waals surface area contributed by atoms with E-state index < -0.39 is 6.09 Å². The fourth-order valence-corrected chi connectivity index (χ4v) is 3.67. The highest BCUT2D eigenvalue weighted by atomic mass is 16.4. The third-order valence-corrected chi connectivity index (χ3v) is 4.82. The fourth-order valence-electron chi connectivity index (χ4n) is 3.67. The van der Waals surface area contributed by atoms with Crippen molar-refractivity contribution in [3.63, 3.8) is 0 Å². The predicted molar refractivity (Wildman–Crippen MR) is 91.8 cm³/mol. The van der Waals surface area contributed by atoms with E-state index in [0.717, 1.165) is 36.8 Å². The van der Waals surface area contributed by atoms with Crippen molar-refractivity contribution < 1.29 is 20.1 Å². The molecule has 0 heterocycles. The Bertz CT molecular complexity index is 736. The quantitative estimate of drug-likeness (QED) is 0.661. The van der Waals surface area contributed by atoms with Crippen LogP contribution in [0, 0.1) is 0 Å². The van der Waals surface area contributed by atoms with Crippen molar-refractivity contribution in [2.24, 2.45) is 0 Å². The smallest absolute Gasteiger partial charge is 0.409 e. The van der Waals surface area contributed by atoms with Crippen molar-refractivity contribution in [2.45, 2.75) is 37.5 Å². The van der Waals surface area contributed by atoms with Crippen LogP contribution in [0.2, 0.25) is 0 Å². The molecule has 1 amide bonds. The van der Waals surface area contributed by atoms with Crippen molar-refractivity contribution in [1.82, 2.24) is 0 Å². The van der Waals surface area contributed by atoms with E-state index in [2.05, 4.69) is 5.32 Å². The van der Waals surface area contributed by atoms with E-state index in [1.54, 1.807) is 18.2 Å². The van der Waals surface area contributed by atoms with Gasteiger partial charge in [0.15, 0.2) is 0 Å². The SMILES string of the molecule is O=C(O)Nc1ccccc1C1CCC(c2ccc(O)cc2O)CC1. The molecule has 0 saturated heterocycles. The maximum absolute atomic E-state index is 10.9. The zero-order valence-corrected chi connectivity index (χ0v) is 13.3. The molecular weight excluding hydrogens is 306 g/mol. The number of carboxylic acid groups (broad SMARTS) is 1. The molecule has 1 aliphatic carbocycles. The van der Waals surface area contributed by atoms with Crippen LogP contribution in [0.4, 0.5) is 10.5 Å². The number of anilines is 1. The van der Waals surface area contributed by atoms with Gasteiger partial charge in [-0.05, 0) is 60.8 Å². The molecule has 0 radical (unpaired) electrons. The van der Waals surface area contributed by atoms with Gasteiger partial charge in [0.25, 0.3) is 0 Å². The van der Waals surface area contributed by atoms with Crippen molar-refractivity contribution in [3.8, 4) is 11.5 Å². The van der Waals surface area contributed by atoms with Gasteiger partial charge >= 0.3 is 6.09 Å². The van der Waals surface area contributed by atoms with E-state index >= 15 is 0 Å². The molecule has 0 bridgehead atoms. The Morgan fingerprint density at radius 3 is 2.17 bits per heavy atom. The molecule has 24 heavy (non-hydrogen) atoms. The minimum absolute atomic E-state index is 0.0682. The summed E-state index contributed by atoms with van der Waals surface area (Å²) in [6.07, 6.45) is 2.66. The summed E-state index contributed by atoms with van der Waals surface area (Å²) in [5.41, 5.74) is 2.57. The third kappa shape index (κ3) is 3.45. The second-order valence-corrected chi connectivity index (χ2v) is 6.31. The Labute approximate surface area is 140 Å². The van der Waals surface area contributed by atoms with Crippen LogP contribution in [0.5, 0.6) is 11.5 Å². The number of aromatic hydroxyl groups is 2. The first-order chi connectivity index (χ1) is 11.5. The van der Waals surface area contributed by atoms with Gasteiger partial charge in [-0.2, -0.15) is 0 Å². The van der Waals surface area contributed by atoms with Gasteiger partial charge in [0, 0.05) is 11.8 Å². The molecule has 0 aliphatic heterocycles. The normalized spacial score (nSPS) is 20.5. The molecule has 0 spiro atoms. The van der Waals surface area contributed by atoms with Crippen LogP contribution in [-0.2, 0) is 0 Å². The second-order valence-electron chi connectivity index (χ2n) is 6.31. The molecular formula is C19H21NO4. The topological polar surface area (TPSA) is 89.8 Å². The average molecular weight is 327 g/mol. The van der Waals surface area contributed by atoms with E-state index in [1.165, 1.54) is 6.07 Å². The fraction of sp³-hybridized carbons (Fsp3) is 0.316. The Kier molecular flexibility index (Phi) is 4.60. The Morgan fingerprint density at radius 1 is 0.917 bits per heavy atom. The Balaban J connectivity index is 1.72. The summed E-state index contributed by atoms with van der Waals surface area (Å²) < 4.78 is 0. The van der Waals surface area contributed by atoms with Crippen LogP contribution in [0.3, 0.4) is 0 Å². The molecule has 3 rings (SSSR count). The van der Waals surface area contributed by atoms with Gasteiger partial charge in [-0.15, -0.1) is 0 Å². The van der Waals surface area contributed by atoms with E-state index in [9.17, 15) is 15.0 Å². The molecule has 126 valence electrons. The van der Waals surface area contributed by atoms with E-state index in [0.29, 0.717) is 11.6 Å². The standard InChI is InChI=1S/C19H21NO4/c21-14-9-10-16(18(22)11-14)13-7-5-12(6-8-13)15-3-1-2-4-17(15)20-19(23)24/h1-4,9-13,20-22H,5-8H2,(H,23,24). The Morgan fingerprint density at radius 2 is 1.54 bits per heavy atom. The number of amides is 1. The van der Waals surface area contributed by atoms with Crippen molar-refractivity contribution in [2.75, 3.05) is 5.32 Å². The van der Waals surface area contributed by atoms with Gasteiger partial charge < -0.3 is 15.3 Å². The molecule has 0 unspecified atom stereocenters. The van der Waals surface area contributed by atoms with Crippen molar-refractivity contribution in [1.29, 1.82) is 0 Å². The van der Waals surface area contributed by atoms with Crippen LogP contribution in [0.25, 0.3) is 0 Å². The molecule has 2 aromatic carbocycles. The van der Waals surface area contributed by atoms with Crippen LogP contribution >= 0.6 is 0 Å². The summed E-state index contributed by atoms with van der Waals surface area (Å²) in [6.45, 7) is 0. The number of para-hydroxylation sites is 1. The Hall–Kier alpha value is -2.69. The van der Waals surface area contributed by atoms with Crippen LogP contribution in [0.1, 0.15) is 48.6 Å². The van der Waals surface area contributed by atoms with Gasteiger partial charge in [-0.1, -0.05) is 24.3 Å². The van der Waals surface area contributed by atoms with E-state index in [4.69, 9.17) is 5.11 Å². The summed E-state index contributed by atoms with van der Waals surface area (Å²) in [5.74, 6) is 0.787. The zero-order chi connectivity index (χ0) is 17.1. The lowest BCUT2D eigenvalue weighted by Crippen LogP contribution is -2.15. The van der Waals surface area contributed by atoms with Crippen LogP contribution < -0.4 is 5.32 Å². The molecule has 2 aromatic rings. The van der Waals surface area contributed by atoms with Gasteiger partial charge in [-0.25, -0.2) is 4.79 Å². The number of phenols is 2. The van der Waals surface area contributed by atoms with Gasteiger partial charge in [-0.3, -0.25) is 5.32 Å². The van der Waals surface area contributed by atoms with Crippen molar-refractivity contribution >= 4 is 11.8 Å². The van der Waals surface area contributed by atoms with E-state index in [1.807, 2.05) is 18.2 Å². The number of benzene rings is 2. The van der Waals surface area contributed by atoms with Crippen LogP contribution in [0.15, 0.2) is 42.5 Å². The summed E-state index contributed by atoms with van der Waals surface area (Å²) in [6, 6.07) is 12.3. The lowest BCUT2D eigenvalue weighted by Gasteiger charge is -2.30. The summed E-state index contributed by atoms with van der Waals surface area (Å²) in [4.78, 5) is 10.9. The number of nitrogens with one attached hydrogen (secondary N) is 1. The molecule has 1 aliphatic rings. The van der Waals surface area contributed by atoms with Gasteiger partial charge in [0.05, 0.1) is 0 Å². The molecule has 1 saturated carbocycles. The van der Waals surface area contributed by atoms with Crippen molar-refractivity contribution in [3.05, 3.63) is 53.6 Å². The molecule has 1 fully saturated rings. The second kappa shape index (κ2) is 6.83. The highest BCUT2D eigenvalue weighted by Crippen LogP contribution is 2.44. The van der Waals surface area contributed by atoms with Gasteiger partial charge in [0.1, 0.15) is 11.5 Å². The molecule has 5 nitrogen and oxygen atoms in total. The highest BCUT2D eigenvalue weighted by molar-refractivity contribution is 5.84. The first kappa shape index (κ1) is 16.2. The number of rotatable bonds is 3. The zero-order valence-electron chi connectivity index (χ0n) is 13.3. The lowest BCUT2D eigenvalue weighted by molar-refractivity contribution is 0.209. The minimum Gasteiger partial charge on any atom is -0.508 e. The highest BCUT2D eigenvalue weighted by Gasteiger charge is 2.26. The monoisotopic (exact) mass is 327 g/mol. The first-order valence-corrected chi connectivity index (χ1v) is 8.15. The number of phenolic OH excluding ortho intramolecular Hbond substituents is 2. The molecule has 0 aromatic heterocycles. The minimum atomic E-state index is -1.05. The van der Waals surface area contributed by atoms with Gasteiger partial charge in [0.2, 0.25) is 0 Å². The maximum Gasteiger partial charge on any atom is 0.409 e. The maximum atomic E-state index is 10.9. The van der Waals surface area contributed by atoms with E-state index in [-0.39, 0.29) is 17.4 Å². The number of hydrogen-bond acceptors (Lipinski definition) is 3. The molecule has 0 atom stereocenters. The summed E-state index contributed by atoms with van der Waals surface area (Å²) >= 11 is 0. The third-order valence-electron chi connectivity index (χ3n) is 4.82. The number of carbonyl (C=O) groups is 1. The first-order valence-electron chi connectivity index (χ1n) is 8.15. The summed E-state index contributed by atoms with van der Waals surface area (Å²) in [7, 11) is 0. The summed E-state index contributed by atoms with van der Waals surface area (Å²) in [5, 5.41) is 30.9. The molecule has 5 heteroatoms. The lowest BCUT2D eigenvalue weighted by atomic mass is 9.75. The largest absolute Gasteiger partial charge is 0.508 e.